The van der Waals surface area contributed by atoms with Gasteiger partial charge in [-0.05, 0) is 36.6 Å². The van der Waals surface area contributed by atoms with Crippen LogP contribution in [0.5, 0.6) is 11.5 Å². The van der Waals surface area contributed by atoms with E-state index in [9.17, 15) is 0 Å². The van der Waals surface area contributed by atoms with Crippen LogP contribution in [-0.4, -0.2) is 55.0 Å². The Balaban J connectivity index is 0.00000420. The highest BCUT2D eigenvalue weighted by Gasteiger charge is 2.14. The number of nitrogens with one attached hydrogen (secondary N) is 1. The number of methoxy groups -OCH3 is 1. The molecule has 0 aliphatic heterocycles. The first-order chi connectivity index (χ1) is 13.4. The Morgan fingerprint density at radius 1 is 1.24 bits per heavy atom. The molecule has 162 valence electrons. The third kappa shape index (κ3) is 7.75. The van der Waals surface area contributed by atoms with Crippen molar-refractivity contribution in [3.05, 3.63) is 41.7 Å². The summed E-state index contributed by atoms with van der Waals surface area (Å²) >= 11 is 0. The minimum absolute atomic E-state index is 0. The fraction of sp³-hybridized carbons (Fsp3) is 0.524. The van der Waals surface area contributed by atoms with Crippen LogP contribution in [0.15, 0.2) is 35.5 Å². The molecule has 2 rings (SSSR count). The summed E-state index contributed by atoms with van der Waals surface area (Å²) in [4.78, 5) is 6.51. The molecule has 1 aromatic carbocycles. The van der Waals surface area contributed by atoms with Gasteiger partial charge in [-0.25, -0.2) is 0 Å². The average Bonchev–Trinajstić information content (AvgIpc) is 3.05. The SMILES string of the molecule is CN=C(NCCCOc1ccc(OC)cc1)N(C)Cc1cn(C)nc1C(C)C.I. The van der Waals surface area contributed by atoms with E-state index in [1.807, 2.05) is 43.0 Å². The summed E-state index contributed by atoms with van der Waals surface area (Å²) in [5.74, 6) is 2.94. The minimum Gasteiger partial charge on any atom is -0.497 e. The molecule has 0 fully saturated rings. The van der Waals surface area contributed by atoms with Crippen LogP contribution >= 0.6 is 24.0 Å². The number of rotatable bonds is 9. The van der Waals surface area contributed by atoms with Crippen molar-refractivity contribution >= 4 is 29.9 Å². The molecule has 0 aliphatic carbocycles. The molecule has 29 heavy (non-hydrogen) atoms. The monoisotopic (exact) mass is 515 g/mol. The lowest BCUT2D eigenvalue weighted by atomic mass is 10.1. The standard InChI is InChI=1S/C21H33N5O2.HI/c1-16(2)20-17(15-26(5)24-20)14-25(4)21(22-3)23-12-7-13-28-19-10-8-18(27-6)9-11-19;/h8-11,15-16H,7,12-14H2,1-6H3,(H,22,23);1H. The first-order valence-electron chi connectivity index (χ1n) is 9.65. The van der Waals surface area contributed by atoms with Crippen LogP contribution in [0.25, 0.3) is 0 Å². The van der Waals surface area contributed by atoms with Gasteiger partial charge in [-0.2, -0.15) is 5.10 Å². The lowest BCUT2D eigenvalue weighted by molar-refractivity contribution is 0.309. The summed E-state index contributed by atoms with van der Waals surface area (Å²) in [5.41, 5.74) is 2.36. The lowest BCUT2D eigenvalue weighted by Gasteiger charge is -2.22. The number of aryl methyl sites for hydroxylation is 1. The largest absolute Gasteiger partial charge is 0.497 e. The number of nitrogens with zero attached hydrogens (tertiary/aromatic N) is 4. The molecule has 0 atom stereocenters. The van der Waals surface area contributed by atoms with Gasteiger partial charge in [0.1, 0.15) is 11.5 Å². The van der Waals surface area contributed by atoms with Crippen molar-refractivity contribution in [2.45, 2.75) is 32.7 Å². The molecule has 0 unspecified atom stereocenters. The van der Waals surface area contributed by atoms with Gasteiger partial charge in [0.05, 0.1) is 19.4 Å². The summed E-state index contributed by atoms with van der Waals surface area (Å²) in [5, 5.41) is 7.98. The highest BCUT2D eigenvalue weighted by Crippen LogP contribution is 2.19. The third-order valence-corrected chi connectivity index (χ3v) is 4.40. The van der Waals surface area contributed by atoms with Crippen LogP contribution in [0, 0.1) is 0 Å². The fourth-order valence-corrected chi connectivity index (χ4v) is 3.01. The van der Waals surface area contributed by atoms with Crippen LogP contribution in [-0.2, 0) is 13.6 Å². The van der Waals surface area contributed by atoms with E-state index in [0.29, 0.717) is 12.5 Å². The van der Waals surface area contributed by atoms with Crippen molar-refractivity contribution in [2.24, 2.45) is 12.0 Å². The molecule has 0 aliphatic rings. The van der Waals surface area contributed by atoms with Crippen molar-refractivity contribution in [1.82, 2.24) is 20.0 Å². The van der Waals surface area contributed by atoms with Crippen LogP contribution < -0.4 is 14.8 Å². The van der Waals surface area contributed by atoms with Gasteiger partial charge in [-0.1, -0.05) is 13.8 Å². The first kappa shape index (κ1) is 25.1. The van der Waals surface area contributed by atoms with Crippen molar-refractivity contribution in [3.63, 3.8) is 0 Å². The number of halogens is 1. The maximum Gasteiger partial charge on any atom is 0.193 e. The van der Waals surface area contributed by atoms with Crippen LogP contribution in [0.4, 0.5) is 0 Å². The number of aliphatic imine (C=N–C) groups is 1. The molecular weight excluding hydrogens is 481 g/mol. The molecule has 0 radical (unpaired) electrons. The molecule has 0 spiro atoms. The van der Waals surface area contributed by atoms with E-state index in [1.54, 1.807) is 14.2 Å². The molecule has 7 nitrogen and oxygen atoms in total. The number of guanidine groups is 1. The van der Waals surface area contributed by atoms with Crippen molar-refractivity contribution in [2.75, 3.05) is 34.4 Å². The second-order valence-corrected chi connectivity index (χ2v) is 7.08. The molecule has 0 amide bonds. The Bertz CT molecular complexity index is 759. The molecule has 0 saturated heterocycles. The predicted molar refractivity (Wildman–Crippen MR) is 129 cm³/mol. The Hall–Kier alpha value is -1.97. The zero-order valence-electron chi connectivity index (χ0n) is 18.3. The van der Waals surface area contributed by atoms with E-state index in [4.69, 9.17) is 9.47 Å². The van der Waals surface area contributed by atoms with E-state index in [2.05, 4.69) is 40.4 Å². The summed E-state index contributed by atoms with van der Waals surface area (Å²) in [6.07, 6.45) is 2.96. The molecule has 2 aromatic rings. The number of hydrogen-bond acceptors (Lipinski definition) is 4. The molecule has 1 aromatic heterocycles. The van der Waals surface area contributed by atoms with Gasteiger partial charge in [-0.3, -0.25) is 9.67 Å². The van der Waals surface area contributed by atoms with E-state index in [0.717, 1.165) is 42.7 Å². The number of ether oxygens (including phenoxy) is 2. The summed E-state index contributed by atoms with van der Waals surface area (Å²) in [6, 6.07) is 7.63. The molecule has 0 saturated carbocycles. The van der Waals surface area contributed by atoms with Crippen molar-refractivity contribution in [1.29, 1.82) is 0 Å². The van der Waals surface area contributed by atoms with Gasteiger partial charge in [0, 0.05) is 46.0 Å². The summed E-state index contributed by atoms with van der Waals surface area (Å²) < 4.78 is 12.8. The lowest BCUT2D eigenvalue weighted by Crippen LogP contribution is -2.39. The molecule has 1 heterocycles. The minimum atomic E-state index is 0. The maximum absolute atomic E-state index is 5.76. The second kappa shape index (κ2) is 12.6. The third-order valence-electron chi connectivity index (χ3n) is 4.40. The van der Waals surface area contributed by atoms with Gasteiger partial charge < -0.3 is 19.7 Å². The maximum atomic E-state index is 5.76. The predicted octanol–water partition coefficient (Wildman–Crippen LogP) is 3.65. The quantitative estimate of drug-likeness (QED) is 0.239. The topological polar surface area (TPSA) is 63.9 Å². The van der Waals surface area contributed by atoms with E-state index >= 15 is 0 Å². The van der Waals surface area contributed by atoms with Gasteiger partial charge >= 0.3 is 0 Å². The van der Waals surface area contributed by atoms with Gasteiger partial charge in [0.2, 0.25) is 0 Å². The van der Waals surface area contributed by atoms with Crippen LogP contribution in [0.3, 0.4) is 0 Å². The smallest absolute Gasteiger partial charge is 0.193 e. The molecule has 8 heteroatoms. The highest BCUT2D eigenvalue weighted by molar-refractivity contribution is 14.0. The second-order valence-electron chi connectivity index (χ2n) is 7.08. The Labute approximate surface area is 191 Å². The van der Waals surface area contributed by atoms with Crippen LogP contribution in [0.2, 0.25) is 0 Å². The summed E-state index contributed by atoms with van der Waals surface area (Å²) in [6.45, 7) is 6.53. The molecule has 1 N–H and O–H groups in total. The Kier molecular flexibility index (Phi) is 10.9. The van der Waals surface area contributed by atoms with Gasteiger partial charge in [0.15, 0.2) is 5.96 Å². The molecular formula is C21H34IN5O2. The zero-order valence-corrected chi connectivity index (χ0v) is 20.6. The normalized spacial score (nSPS) is 11.2. The van der Waals surface area contributed by atoms with Crippen LogP contribution in [0.1, 0.15) is 37.4 Å². The zero-order chi connectivity index (χ0) is 20.5. The van der Waals surface area contributed by atoms with Gasteiger partial charge in [0.25, 0.3) is 0 Å². The van der Waals surface area contributed by atoms with E-state index < -0.39 is 0 Å². The number of benzene rings is 1. The summed E-state index contributed by atoms with van der Waals surface area (Å²) in [7, 11) is 7.47. The number of hydrogen-bond donors (Lipinski definition) is 1. The van der Waals surface area contributed by atoms with Gasteiger partial charge in [-0.15, -0.1) is 24.0 Å². The average molecular weight is 515 g/mol. The number of aromatic nitrogens is 2. The Morgan fingerprint density at radius 2 is 1.90 bits per heavy atom. The first-order valence-corrected chi connectivity index (χ1v) is 9.65. The van der Waals surface area contributed by atoms with E-state index in [-0.39, 0.29) is 24.0 Å². The van der Waals surface area contributed by atoms with E-state index in [1.165, 1.54) is 5.56 Å². The highest BCUT2D eigenvalue weighted by atomic mass is 127. The Morgan fingerprint density at radius 3 is 2.48 bits per heavy atom. The van der Waals surface area contributed by atoms with Crippen molar-refractivity contribution in [3.8, 4) is 11.5 Å². The molecule has 0 bridgehead atoms. The van der Waals surface area contributed by atoms with Crippen molar-refractivity contribution < 1.29 is 9.47 Å². The fourth-order valence-electron chi connectivity index (χ4n) is 3.01.